The third-order valence-electron chi connectivity index (χ3n) is 4.15. The van der Waals surface area contributed by atoms with Crippen molar-refractivity contribution < 1.29 is 14.3 Å². The maximum Gasteiger partial charge on any atom is 0.411 e. The van der Waals surface area contributed by atoms with Gasteiger partial charge in [-0.25, -0.2) is 4.79 Å². The molecule has 0 bridgehead atoms. The van der Waals surface area contributed by atoms with Gasteiger partial charge in [-0.3, -0.25) is 4.90 Å². The molecule has 4 heteroatoms. The summed E-state index contributed by atoms with van der Waals surface area (Å²) in [4.78, 5) is 14.3. The third kappa shape index (κ3) is 3.12. The Labute approximate surface area is 142 Å². The van der Waals surface area contributed by atoms with Gasteiger partial charge in [-0.05, 0) is 11.1 Å². The van der Waals surface area contributed by atoms with Gasteiger partial charge < -0.3 is 9.47 Å². The Hall–Kier alpha value is -2.77. The molecule has 1 unspecified atom stereocenters. The predicted octanol–water partition coefficient (Wildman–Crippen LogP) is 3.18. The minimum Gasteiger partial charge on any atom is -0.445 e. The number of carbonyl (C=O) groups is 1. The highest BCUT2D eigenvalue weighted by molar-refractivity contribution is 5.70. The first-order valence-corrected chi connectivity index (χ1v) is 7.85. The molecule has 3 rings (SSSR count). The first-order chi connectivity index (χ1) is 11.8. The van der Waals surface area contributed by atoms with Crippen LogP contribution in [0.15, 0.2) is 60.7 Å². The first-order valence-electron chi connectivity index (χ1n) is 7.85. The lowest BCUT2D eigenvalue weighted by Crippen LogP contribution is -2.56. The van der Waals surface area contributed by atoms with Crippen LogP contribution >= 0.6 is 0 Å². The number of carbonyl (C=O) groups excluding carboxylic acids is 1. The maximum atomic E-state index is 12.7. The quantitative estimate of drug-likeness (QED) is 0.815. The normalized spacial score (nSPS) is 20.2. The Morgan fingerprint density at radius 3 is 2.50 bits per heavy atom. The fourth-order valence-electron chi connectivity index (χ4n) is 2.84. The zero-order valence-electron chi connectivity index (χ0n) is 13.4. The van der Waals surface area contributed by atoms with E-state index in [-0.39, 0.29) is 13.2 Å². The molecular weight excluding hydrogens is 302 g/mol. The van der Waals surface area contributed by atoms with Crippen molar-refractivity contribution in [1.29, 1.82) is 0 Å². The van der Waals surface area contributed by atoms with Gasteiger partial charge in [-0.1, -0.05) is 66.6 Å². The van der Waals surface area contributed by atoms with Gasteiger partial charge in [-0.15, -0.1) is 6.42 Å². The molecule has 0 radical (unpaired) electrons. The molecule has 0 spiro atoms. The molecule has 0 aromatic heterocycles. The standard InChI is InChI=1S/C20H19NO3/c1-2-20(18-11-7-4-8-12-18)16-23-14-13-21(20)19(22)24-15-17-9-5-3-6-10-17/h1,3-12H,13-16H2. The van der Waals surface area contributed by atoms with Crippen molar-refractivity contribution in [2.45, 2.75) is 12.1 Å². The summed E-state index contributed by atoms with van der Waals surface area (Å²) in [6.07, 6.45) is 5.40. The molecule has 0 saturated carbocycles. The number of terminal acetylenes is 1. The second kappa shape index (κ2) is 7.20. The summed E-state index contributed by atoms with van der Waals surface area (Å²) < 4.78 is 11.1. The van der Waals surface area contributed by atoms with Crippen LogP contribution in [0.25, 0.3) is 0 Å². The zero-order chi connectivity index (χ0) is 16.8. The first kappa shape index (κ1) is 16.1. The molecule has 1 aliphatic heterocycles. The minimum atomic E-state index is -0.937. The van der Waals surface area contributed by atoms with Gasteiger partial charge in [0.2, 0.25) is 0 Å². The Kier molecular flexibility index (Phi) is 4.83. The molecule has 1 aliphatic rings. The molecule has 4 nitrogen and oxygen atoms in total. The molecular formula is C20H19NO3. The van der Waals surface area contributed by atoms with E-state index in [2.05, 4.69) is 5.92 Å². The summed E-state index contributed by atoms with van der Waals surface area (Å²) in [5, 5.41) is 0. The van der Waals surface area contributed by atoms with Crippen LogP contribution in [0.3, 0.4) is 0 Å². The monoisotopic (exact) mass is 321 g/mol. The summed E-state index contributed by atoms with van der Waals surface area (Å²) in [6.45, 7) is 1.31. The van der Waals surface area contributed by atoms with E-state index in [1.165, 1.54) is 0 Å². The van der Waals surface area contributed by atoms with Crippen LogP contribution in [0.1, 0.15) is 11.1 Å². The van der Waals surface area contributed by atoms with Gasteiger partial charge >= 0.3 is 6.09 Å². The largest absolute Gasteiger partial charge is 0.445 e. The summed E-state index contributed by atoms with van der Waals surface area (Å²) in [7, 11) is 0. The van der Waals surface area contributed by atoms with Crippen molar-refractivity contribution in [2.75, 3.05) is 19.8 Å². The van der Waals surface area contributed by atoms with E-state index < -0.39 is 11.6 Å². The van der Waals surface area contributed by atoms with E-state index in [1.807, 2.05) is 60.7 Å². The highest BCUT2D eigenvalue weighted by Crippen LogP contribution is 2.31. The van der Waals surface area contributed by atoms with Crippen LogP contribution in [0, 0.1) is 12.3 Å². The number of hydrogen-bond acceptors (Lipinski definition) is 3. The van der Waals surface area contributed by atoms with Gasteiger partial charge in [0, 0.05) is 6.54 Å². The Morgan fingerprint density at radius 1 is 1.17 bits per heavy atom. The second-order valence-corrected chi connectivity index (χ2v) is 5.62. The molecule has 1 amide bonds. The molecule has 1 heterocycles. The van der Waals surface area contributed by atoms with Crippen molar-refractivity contribution in [1.82, 2.24) is 4.90 Å². The van der Waals surface area contributed by atoms with Crippen LogP contribution in [-0.4, -0.2) is 30.8 Å². The van der Waals surface area contributed by atoms with E-state index in [9.17, 15) is 4.79 Å². The van der Waals surface area contributed by atoms with Crippen molar-refractivity contribution in [3.05, 3.63) is 71.8 Å². The summed E-state index contributed by atoms with van der Waals surface area (Å²) in [6, 6.07) is 19.1. The fourth-order valence-corrected chi connectivity index (χ4v) is 2.84. The number of amides is 1. The summed E-state index contributed by atoms with van der Waals surface area (Å²) >= 11 is 0. The van der Waals surface area contributed by atoms with Gasteiger partial charge in [0.1, 0.15) is 6.61 Å². The van der Waals surface area contributed by atoms with Crippen LogP contribution in [0.2, 0.25) is 0 Å². The molecule has 2 aromatic rings. The van der Waals surface area contributed by atoms with Crippen LogP contribution in [0.4, 0.5) is 4.79 Å². The van der Waals surface area contributed by atoms with Gasteiger partial charge in [0.15, 0.2) is 5.54 Å². The Morgan fingerprint density at radius 2 is 1.83 bits per heavy atom. The van der Waals surface area contributed by atoms with Crippen molar-refractivity contribution >= 4 is 6.09 Å². The maximum absolute atomic E-state index is 12.7. The number of rotatable bonds is 3. The molecule has 2 aromatic carbocycles. The van der Waals surface area contributed by atoms with Crippen molar-refractivity contribution in [3.63, 3.8) is 0 Å². The predicted molar refractivity (Wildman–Crippen MR) is 91.1 cm³/mol. The van der Waals surface area contributed by atoms with Crippen molar-refractivity contribution in [2.24, 2.45) is 0 Å². The fraction of sp³-hybridized carbons (Fsp3) is 0.250. The third-order valence-corrected chi connectivity index (χ3v) is 4.15. The molecule has 1 fully saturated rings. The topological polar surface area (TPSA) is 38.8 Å². The van der Waals surface area contributed by atoms with E-state index in [4.69, 9.17) is 15.9 Å². The highest BCUT2D eigenvalue weighted by Gasteiger charge is 2.43. The smallest absolute Gasteiger partial charge is 0.411 e. The van der Waals surface area contributed by atoms with Crippen LogP contribution in [-0.2, 0) is 21.6 Å². The van der Waals surface area contributed by atoms with Crippen molar-refractivity contribution in [3.8, 4) is 12.3 Å². The summed E-state index contributed by atoms with van der Waals surface area (Å²) in [5.74, 6) is 2.76. The average Bonchev–Trinajstić information content (AvgIpc) is 2.67. The van der Waals surface area contributed by atoms with Gasteiger partial charge in [-0.2, -0.15) is 0 Å². The lowest BCUT2D eigenvalue weighted by atomic mass is 9.89. The van der Waals surface area contributed by atoms with E-state index in [0.717, 1.165) is 11.1 Å². The number of ether oxygens (including phenoxy) is 2. The van der Waals surface area contributed by atoms with Gasteiger partial charge in [0.25, 0.3) is 0 Å². The number of hydrogen-bond donors (Lipinski definition) is 0. The van der Waals surface area contributed by atoms with E-state index in [1.54, 1.807) is 4.90 Å². The number of morpholine rings is 1. The van der Waals surface area contributed by atoms with Gasteiger partial charge in [0.05, 0.1) is 13.2 Å². The van der Waals surface area contributed by atoms with Crippen LogP contribution < -0.4 is 0 Å². The molecule has 1 saturated heterocycles. The molecule has 0 N–H and O–H groups in total. The lowest BCUT2D eigenvalue weighted by Gasteiger charge is -2.42. The number of nitrogens with zero attached hydrogens (tertiary/aromatic N) is 1. The zero-order valence-corrected chi connectivity index (χ0v) is 13.4. The molecule has 0 aliphatic carbocycles. The second-order valence-electron chi connectivity index (χ2n) is 5.62. The average molecular weight is 321 g/mol. The van der Waals surface area contributed by atoms with Crippen LogP contribution in [0.5, 0.6) is 0 Å². The summed E-state index contributed by atoms with van der Waals surface area (Å²) in [5.41, 5.74) is 0.849. The minimum absolute atomic E-state index is 0.215. The SMILES string of the molecule is C#CC1(c2ccccc2)COCCN1C(=O)OCc1ccccc1. The Bertz CT molecular complexity index is 724. The molecule has 122 valence electrons. The lowest BCUT2D eigenvalue weighted by molar-refractivity contribution is -0.0405. The molecule has 1 atom stereocenters. The number of benzene rings is 2. The molecule has 24 heavy (non-hydrogen) atoms. The highest BCUT2D eigenvalue weighted by atomic mass is 16.6. The van der Waals surface area contributed by atoms with E-state index >= 15 is 0 Å². The van der Waals surface area contributed by atoms with E-state index in [0.29, 0.717) is 13.2 Å². The Balaban J connectivity index is 1.81.